The van der Waals surface area contributed by atoms with E-state index in [4.69, 9.17) is 0 Å². The van der Waals surface area contributed by atoms with Gasteiger partial charge in [0.05, 0.1) is 5.60 Å². The quantitative estimate of drug-likeness (QED) is 0.713. The molecule has 23 heavy (non-hydrogen) atoms. The monoisotopic (exact) mass is 316 g/mol. The fourth-order valence-electron chi connectivity index (χ4n) is 7.18. The van der Waals surface area contributed by atoms with E-state index in [0.717, 1.165) is 31.6 Å². The number of allylic oxidation sites excluding steroid dienone is 1. The number of aliphatic hydroxyl groups is 1. The number of fused-ring (bicyclic) bond motifs is 5. The first-order valence-corrected chi connectivity index (χ1v) is 9.66. The summed E-state index contributed by atoms with van der Waals surface area (Å²) in [5.41, 5.74) is 1.26. The highest BCUT2D eigenvalue weighted by molar-refractivity contribution is 5.92. The van der Waals surface area contributed by atoms with Crippen molar-refractivity contribution in [3.8, 4) is 0 Å². The minimum Gasteiger partial charge on any atom is -0.390 e. The molecule has 4 aliphatic rings. The summed E-state index contributed by atoms with van der Waals surface area (Å²) in [5, 5.41) is 11.0. The second-order valence-corrected chi connectivity index (χ2v) is 9.71. The molecule has 128 valence electrons. The van der Waals surface area contributed by atoms with Crippen molar-refractivity contribution in [2.45, 2.75) is 78.2 Å². The first kappa shape index (κ1) is 15.9. The largest absolute Gasteiger partial charge is 0.390 e. The molecule has 0 aromatic heterocycles. The van der Waals surface area contributed by atoms with Gasteiger partial charge in [-0.25, -0.2) is 0 Å². The van der Waals surface area contributed by atoms with Crippen LogP contribution in [0.15, 0.2) is 11.6 Å². The van der Waals surface area contributed by atoms with E-state index in [-0.39, 0.29) is 10.8 Å². The Balaban J connectivity index is 1.73. The van der Waals surface area contributed by atoms with Crippen molar-refractivity contribution in [1.29, 1.82) is 0 Å². The Morgan fingerprint density at radius 3 is 2.52 bits per heavy atom. The van der Waals surface area contributed by atoms with Crippen molar-refractivity contribution >= 4 is 5.78 Å². The fourth-order valence-corrected chi connectivity index (χ4v) is 7.18. The Morgan fingerprint density at radius 2 is 1.78 bits per heavy atom. The number of carbonyl (C=O) groups is 1. The molecule has 2 nitrogen and oxygen atoms in total. The third kappa shape index (κ3) is 1.88. The molecule has 4 aliphatic carbocycles. The normalized spacial score (nSPS) is 55.7. The molecule has 0 amide bonds. The zero-order chi connectivity index (χ0) is 16.6. The van der Waals surface area contributed by atoms with Crippen LogP contribution in [0.4, 0.5) is 0 Å². The van der Waals surface area contributed by atoms with Crippen LogP contribution in [0.25, 0.3) is 0 Å². The van der Waals surface area contributed by atoms with Crippen molar-refractivity contribution in [3.63, 3.8) is 0 Å². The summed E-state index contributed by atoms with van der Waals surface area (Å²) in [6.07, 6.45) is 9.57. The molecule has 0 aromatic carbocycles. The highest BCUT2D eigenvalue weighted by atomic mass is 16.3. The Hall–Kier alpha value is -0.630. The molecule has 0 bridgehead atoms. The molecule has 4 rings (SSSR count). The highest BCUT2D eigenvalue weighted by Gasteiger charge is 2.63. The van der Waals surface area contributed by atoms with Crippen molar-refractivity contribution < 1.29 is 9.90 Å². The van der Waals surface area contributed by atoms with Gasteiger partial charge in [-0.05, 0) is 86.0 Å². The number of carbonyl (C=O) groups excluding carboxylic acids is 1. The van der Waals surface area contributed by atoms with Gasteiger partial charge < -0.3 is 5.11 Å². The molecule has 0 saturated heterocycles. The van der Waals surface area contributed by atoms with Crippen molar-refractivity contribution in [1.82, 2.24) is 0 Å². The summed E-state index contributed by atoms with van der Waals surface area (Å²) in [6.45, 7) is 9.17. The van der Waals surface area contributed by atoms with Crippen LogP contribution in [0.2, 0.25) is 0 Å². The number of hydrogen-bond donors (Lipinski definition) is 1. The minimum absolute atomic E-state index is 0.0967. The van der Waals surface area contributed by atoms with Gasteiger partial charge in [-0.15, -0.1) is 0 Å². The van der Waals surface area contributed by atoms with Gasteiger partial charge in [0.25, 0.3) is 0 Å². The molecule has 0 unspecified atom stereocenters. The van der Waals surface area contributed by atoms with Gasteiger partial charge in [0.2, 0.25) is 0 Å². The average molecular weight is 316 g/mol. The van der Waals surface area contributed by atoms with Crippen molar-refractivity contribution in [2.75, 3.05) is 0 Å². The van der Waals surface area contributed by atoms with Crippen LogP contribution in [0, 0.1) is 34.5 Å². The molecule has 0 heterocycles. The predicted octanol–water partition coefficient (Wildman–Crippen LogP) is 4.52. The summed E-state index contributed by atoms with van der Waals surface area (Å²) < 4.78 is 0. The number of ketones is 1. The Bertz CT molecular complexity index is 574. The van der Waals surface area contributed by atoms with Gasteiger partial charge in [0.15, 0.2) is 5.78 Å². The third-order valence-electron chi connectivity index (χ3n) is 9.07. The smallest absolute Gasteiger partial charge is 0.155 e. The summed E-state index contributed by atoms with van der Waals surface area (Å²) in [6, 6.07) is 0. The fraction of sp³-hybridized carbons (Fsp3) is 0.857. The van der Waals surface area contributed by atoms with E-state index in [2.05, 4.69) is 27.7 Å². The van der Waals surface area contributed by atoms with Crippen LogP contribution in [0.3, 0.4) is 0 Å². The molecule has 2 heteroatoms. The van der Waals surface area contributed by atoms with E-state index >= 15 is 0 Å². The van der Waals surface area contributed by atoms with Crippen molar-refractivity contribution in [2.24, 2.45) is 34.5 Å². The van der Waals surface area contributed by atoms with E-state index in [1.807, 2.05) is 6.08 Å². The van der Waals surface area contributed by atoms with Gasteiger partial charge in [-0.3, -0.25) is 4.79 Å². The van der Waals surface area contributed by atoms with Gasteiger partial charge in [-0.1, -0.05) is 26.3 Å². The molecule has 3 fully saturated rings. The molecule has 3 saturated carbocycles. The molecule has 1 N–H and O–H groups in total. The first-order chi connectivity index (χ1) is 10.7. The predicted molar refractivity (Wildman–Crippen MR) is 91.9 cm³/mol. The maximum absolute atomic E-state index is 12.0. The molecule has 0 spiro atoms. The zero-order valence-corrected chi connectivity index (χ0v) is 15.2. The van der Waals surface area contributed by atoms with Crippen LogP contribution >= 0.6 is 0 Å². The molecular weight excluding hydrogens is 284 g/mol. The van der Waals surface area contributed by atoms with Crippen LogP contribution < -0.4 is 0 Å². The van der Waals surface area contributed by atoms with Gasteiger partial charge in [0.1, 0.15) is 0 Å². The summed E-state index contributed by atoms with van der Waals surface area (Å²) in [5.74, 6) is 2.92. The lowest BCUT2D eigenvalue weighted by atomic mass is 9.44. The molecule has 0 radical (unpaired) electrons. The topological polar surface area (TPSA) is 37.3 Å². The lowest BCUT2D eigenvalue weighted by molar-refractivity contribution is -0.130. The maximum Gasteiger partial charge on any atom is 0.155 e. The van der Waals surface area contributed by atoms with E-state index in [1.54, 1.807) is 0 Å². The maximum atomic E-state index is 12.0. The Morgan fingerprint density at radius 1 is 1.09 bits per heavy atom. The van der Waals surface area contributed by atoms with Crippen LogP contribution in [0.5, 0.6) is 0 Å². The molecular formula is C21H32O2. The van der Waals surface area contributed by atoms with E-state index < -0.39 is 5.60 Å². The standard InChI is InChI=1S/C21H32O2/c1-13-11-15(22)12-14-5-6-16-17-8-10-20(3,23)19(17,2)9-7-18(16)21(13,14)4/h12-13,16-18,23H,5-11H2,1-4H3/t13-,16-,17-,18-,19-,20-,21-/m0/s1. The zero-order valence-electron chi connectivity index (χ0n) is 15.2. The van der Waals surface area contributed by atoms with Gasteiger partial charge in [-0.2, -0.15) is 0 Å². The van der Waals surface area contributed by atoms with Crippen LogP contribution in [-0.4, -0.2) is 16.5 Å². The second-order valence-electron chi connectivity index (χ2n) is 9.71. The minimum atomic E-state index is -0.492. The van der Waals surface area contributed by atoms with Crippen LogP contribution in [0.1, 0.15) is 72.6 Å². The van der Waals surface area contributed by atoms with E-state index in [9.17, 15) is 9.90 Å². The number of hydrogen-bond acceptors (Lipinski definition) is 2. The van der Waals surface area contributed by atoms with Gasteiger partial charge >= 0.3 is 0 Å². The highest BCUT2D eigenvalue weighted by Crippen LogP contribution is 2.68. The van der Waals surface area contributed by atoms with E-state index in [1.165, 1.54) is 24.8 Å². The van der Waals surface area contributed by atoms with Crippen LogP contribution in [-0.2, 0) is 4.79 Å². The average Bonchev–Trinajstić information content (AvgIpc) is 2.71. The molecule has 0 aromatic rings. The molecule has 7 atom stereocenters. The molecule has 0 aliphatic heterocycles. The Kier molecular flexibility index (Phi) is 3.25. The number of rotatable bonds is 0. The lowest BCUT2D eigenvalue weighted by Gasteiger charge is -2.60. The summed E-state index contributed by atoms with van der Waals surface area (Å²) in [4.78, 5) is 12.0. The summed E-state index contributed by atoms with van der Waals surface area (Å²) in [7, 11) is 0. The van der Waals surface area contributed by atoms with Gasteiger partial charge in [0, 0.05) is 6.42 Å². The first-order valence-electron chi connectivity index (χ1n) is 9.66. The lowest BCUT2D eigenvalue weighted by Crippen LogP contribution is -2.55. The van der Waals surface area contributed by atoms with Crippen molar-refractivity contribution in [3.05, 3.63) is 11.6 Å². The third-order valence-corrected chi connectivity index (χ3v) is 9.07. The second kappa shape index (κ2) is 4.71. The SMILES string of the molecule is C[C@H]1CC(=O)C=C2CC[C@@H]3[C@H](CC[C@@]4(C)[C@H]3CC[C@]4(C)O)[C@]21C. The van der Waals surface area contributed by atoms with E-state index in [0.29, 0.717) is 23.5 Å². The summed E-state index contributed by atoms with van der Waals surface area (Å²) >= 11 is 0. The Labute approximate surface area is 140 Å².